The summed E-state index contributed by atoms with van der Waals surface area (Å²) >= 11 is 5.90. The molecule has 5 nitrogen and oxygen atoms in total. The molecule has 1 aliphatic heterocycles. The van der Waals surface area contributed by atoms with Crippen LogP contribution in [0.2, 0.25) is 5.02 Å². The van der Waals surface area contributed by atoms with Crippen molar-refractivity contribution in [3.8, 4) is 0 Å². The van der Waals surface area contributed by atoms with Gasteiger partial charge in [-0.1, -0.05) is 11.6 Å². The summed E-state index contributed by atoms with van der Waals surface area (Å²) in [5.74, 6) is 0. The summed E-state index contributed by atoms with van der Waals surface area (Å²) in [5.41, 5.74) is 0. The van der Waals surface area contributed by atoms with Gasteiger partial charge in [0.25, 0.3) is 0 Å². The van der Waals surface area contributed by atoms with Gasteiger partial charge in [0.2, 0.25) is 10.0 Å². The average Bonchev–Trinajstić information content (AvgIpc) is 2.29. The highest BCUT2D eigenvalue weighted by atomic mass is 35.5. The van der Waals surface area contributed by atoms with Crippen LogP contribution in [0.5, 0.6) is 0 Å². The first kappa shape index (κ1) is 12.8. The molecule has 1 fully saturated rings. The Labute approximate surface area is 105 Å². The number of hydrogen-bond donors (Lipinski definition) is 0. The SMILES string of the molecule is C[C@@H]1COCCN1S(=O)(=O)c1cnccc1Cl. The molecular weight excluding hydrogens is 264 g/mol. The lowest BCUT2D eigenvalue weighted by atomic mass is 10.3. The van der Waals surface area contributed by atoms with Gasteiger partial charge in [-0.05, 0) is 13.0 Å². The van der Waals surface area contributed by atoms with Crippen molar-refractivity contribution in [2.45, 2.75) is 17.9 Å². The molecular formula is C10H13ClN2O3S. The van der Waals surface area contributed by atoms with Crippen molar-refractivity contribution in [1.82, 2.24) is 9.29 Å². The Morgan fingerprint density at radius 2 is 2.35 bits per heavy atom. The number of ether oxygens (including phenoxy) is 1. The molecule has 0 unspecified atom stereocenters. The Balaban J connectivity index is 2.39. The third-order valence-electron chi connectivity index (χ3n) is 2.63. The van der Waals surface area contributed by atoms with Crippen LogP contribution in [0.3, 0.4) is 0 Å². The molecule has 1 aliphatic rings. The van der Waals surface area contributed by atoms with E-state index in [1.54, 1.807) is 6.92 Å². The van der Waals surface area contributed by atoms with Crippen molar-refractivity contribution in [2.24, 2.45) is 0 Å². The van der Waals surface area contributed by atoms with E-state index < -0.39 is 10.0 Å². The van der Waals surface area contributed by atoms with E-state index in [2.05, 4.69) is 4.98 Å². The number of halogens is 1. The van der Waals surface area contributed by atoms with Crippen LogP contribution in [-0.4, -0.2) is 43.5 Å². The van der Waals surface area contributed by atoms with Gasteiger partial charge in [-0.3, -0.25) is 4.98 Å². The zero-order chi connectivity index (χ0) is 12.5. The lowest BCUT2D eigenvalue weighted by Crippen LogP contribution is -2.47. The maximum atomic E-state index is 12.4. The fraction of sp³-hybridized carbons (Fsp3) is 0.500. The summed E-state index contributed by atoms with van der Waals surface area (Å²) < 4.78 is 31.3. The second-order valence-corrected chi connectivity index (χ2v) is 6.11. The van der Waals surface area contributed by atoms with Gasteiger partial charge in [0, 0.05) is 25.0 Å². The van der Waals surface area contributed by atoms with E-state index in [9.17, 15) is 8.42 Å². The highest BCUT2D eigenvalue weighted by Gasteiger charge is 2.32. The van der Waals surface area contributed by atoms with Gasteiger partial charge in [0.15, 0.2) is 0 Å². The van der Waals surface area contributed by atoms with Gasteiger partial charge >= 0.3 is 0 Å². The first-order chi connectivity index (χ1) is 8.03. The molecule has 17 heavy (non-hydrogen) atoms. The summed E-state index contributed by atoms with van der Waals surface area (Å²) in [6.45, 7) is 2.95. The van der Waals surface area contributed by atoms with Gasteiger partial charge in [-0.15, -0.1) is 0 Å². The number of hydrogen-bond acceptors (Lipinski definition) is 4. The quantitative estimate of drug-likeness (QED) is 0.813. The number of nitrogens with zero attached hydrogens (tertiary/aromatic N) is 2. The Bertz CT molecular complexity index is 506. The zero-order valence-corrected chi connectivity index (χ0v) is 10.9. The molecule has 0 aliphatic carbocycles. The largest absolute Gasteiger partial charge is 0.378 e. The molecule has 1 saturated heterocycles. The van der Waals surface area contributed by atoms with E-state index >= 15 is 0 Å². The minimum Gasteiger partial charge on any atom is -0.378 e. The van der Waals surface area contributed by atoms with Crippen LogP contribution in [-0.2, 0) is 14.8 Å². The first-order valence-electron chi connectivity index (χ1n) is 5.22. The normalized spacial score (nSPS) is 22.6. The van der Waals surface area contributed by atoms with Gasteiger partial charge in [0.05, 0.1) is 18.2 Å². The van der Waals surface area contributed by atoms with E-state index in [-0.39, 0.29) is 16.0 Å². The van der Waals surface area contributed by atoms with Crippen molar-refractivity contribution in [3.05, 3.63) is 23.5 Å². The molecule has 0 spiro atoms. The topological polar surface area (TPSA) is 59.5 Å². The van der Waals surface area contributed by atoms with Crippen molar-refractivity contribution < 1.29 is 13.2 Å². The molecule has 0 saturated carbocycles. The van der Waals surface area contributed by atoms with Crippen molar-refractivity contribution in [2.75, 3.05) is 19.8 Å². The molecule has 1 aromatic heterocycles. The second-order valence-electron chi connectivity index (χ2n) is 3.85. The van der Waals surface area contributed by atoms with Crippen molar-refractivity contribution in [1.29, 1.82) is 0 Å². The minimum atomic E-state index is -3.58. The molecule has 0 amide bonds. The molecule has 94 valence electrons. The van der Waals surface area contributed by atoms with Crippen LogP contribution in [0.15, 0.2) is 23.4 Å². The van der Waals surface area contributed by atoms with E-state index in [1.807, 2.05) is 0 Å². The summed E-state index contributed by atoms with van der Waals surface area (Å²) in [6.07, 6.45) is 2.74. The molecule has 0 N–H and O–H groups in total. The average molecular weight is 277 g/mol. The summed E-state index contributed by atoms with van der Waals surface area (Å²) in [7, 11) is -3.58. The van der Waals surface area contributed by atoms with Crippen LogP contribution in [0.25, 0.3) is 0 Å². The molecule has 0 bridgehead atoms. The van der Waals surface area contributed by atoms with Crippen molar-refractivity contribution in [3.63, 3.8) is 0 Å². The molecule has 2 heterocycles. The number of morpholine rings is 1. The van der Waals surface area contributed by atoms with Crippen LogP contribution in [0.4, 0.5) is 0 Å². The van der Waals surface area contributed by atoms with Gasteiger partial charge in [0.1, 0.15) is 4.90 Å². The maximum absolute atomic E-state index is 12.4. The number of rotatable bonds is 2. The predicted molar refractivity (Wildman–Crippen MR) is 63.4 cm³/mol. The second kappa shape index (κ2) is 4.89. The van der Waals surface area contributed by atoms with Crippen LogP contribution < -0.4 is 0 Å². The maximum Gasteiger partial charge on any atom is 0.246 e. The van der Waals surface area contributed by atoms with E-state index in [1.165, 1.54) is 22.8 Å². The third kappa shape index (κ3) is 2.44. The number of aromatic nitrogens is 1. The smallest absolute Gasteiger partial charge is 0.246 e. The molecule has 2 rings (SSSR count). The third-order valence-corrected chi connectivity index (χ3v) is 5.11. The van der Waals surface area contributed by atoms with E-state index in [0.717, 1.165) is 0 Å². The van der Waals surface area contributed by atoms with Crippen molar-refractivity contribution >= 4 is 21.6 Å². The number of pyridine rings is 1. The summed E-state index contributed by atoms with van der Waals surface area (Å²) in [6, 6.07) is 1.28. The highest BCUT2D eigenvalue weighted by Crippen LogP contribution is 2.25. The Morgan fingerprint density at radius 1 is 1.59 bits per heavy atom. The number of sulfonamides is 1. The molecule has 1 atom stereocenters. The fourth-order valence-electron chi connectivity index (χ4n) is 1.75. The zero-order valence-electron chi connectivity index (χ0n) is 9.34. The van der Waals surface area contributed by atoms with Crippen LogP contribution >= 0.6 is 11.6 Å². The Kier molecular flexibility index (Phi) is 3.67. The van der Waals surface area contributed by atoms with Crippen LogP contribution in [0, 0.1) is 0 Å². The predicted octanol–water partition coefficient (Wildman–Crippen LogP) is 1.14. The molecule has 0 radical (unpaired) electrons. The minimum absolute atomic E-state index is 0.0513. The highest BCUT2D eigenvalue weighted by molar-refractivity contribution is 7.89. The molecule has 7 heteroatoms. The Hall–Kier alpha value is -0.690. The van der Waals surface area contributed by atoms with Gasteiger partial charge in [-0.25, -0.2) is 8.42 Å². The molecule has 1 aromatic rings. The standard InChI is InChI=1S/C10H13ClN2O3S/c1-8-7-16-5-4-13(8)17(14,15)10-6-12-3-2-9(10)11/h2-3,6,8H,4-5,7H2,1H3/t8-/m1/s1. The summed E-state index contributed by atoms with van der Waals surface area (Å²) in [4.78, 5) is 3.86. The lowest BCUT2D eigenvalue weighted by Gasteiger charge is -2.32. The van der Waals surface area contributed by atoms with Crippen LogP contribution in [0.1, 0.15) is 6.92 Å². The monoisotopic (exact) mass is 276 g/mol. The molecule has 0 aromatic carbocycles. The van der Waals surface area contributed by atoms with Gasteiger partial charge < -0.3 is 4.74 Å². The van der Waals surface area contributed by atoms with E-state index in [0.29, 0.717) is 19.8 Å². The first-order valence-corrected chi connectivity index (χ1v) is 7.04. The fourth-order valence-corrected chi connectivity index (χ4v) is 3.76. The summed E-state index contributed by atoms with van der Waals surface area (Å²) in [5, 5.41) is 0.193. The van der Waals surface area contributed by atoms with Gasteiger partial charge in [-0.2, -0.15) is 4.31 Å². The van der Waals surface area contributed by atoms with E-state index in [4.69, 9.17) is 16.3 Å². The lowest BCUT2D eigenvalue weighted by molar-refractivity contribution is 0.0392. The Morgan fingerprint density at radius 3 is 3.00 bits per heavy atom.